The Hall–Kier alpha value is -0.900. The number of hydroxylamine groups is 1. The van der Waals surface area contributed by atoms with E-state index in [2.05, 4.69) is 5.48 Å². The third-order valence-corrected chi connectivity index (χ3v) is 4.70. The molecule has 0 heterocycles. The number of nitrogens with one attached hydrogen (secondary N) is 1. The fourth-order valence-corrected chi connectivity index (χ4v) is 2.46. The summed E-state index contributed by atoms with van der Waals surface area (Å²) in [6, 6.07) is 0. The SMILES string of the molecule is CCC(C)(C)C(=O)NOCC12CCC1CC2=O. The van der Waals surface area contributed by atoms with Crippen molar-refractivity contribution in [3.63, 3.8) is 0 Å². The molecule has 0 spiro atoms. The minimum atomic E-state index is -0.416. The highest BCUT2D eigenvalue weighted by atomic mass is 16.7. The Bertz CT molecular complexity index is 351. The Balaban J connectivity index is 1.77. The van der Waals surface area contributed by atoms with Crippen LogP contribution in [0.15, 0.2) is 0 Å². The first-order valence-electron chi connectivity index (χ1n) is 6.38. The van der Waals surface area contributed by atoms with Crippen LogP contribution in [0, 0.1) is 16.7 Å². The van der Waals surface area contributed by atoms with E-state index in [0.717, 1.165) is 19.3 Å². The number of carbonyl (C=O) groups excluding carboxylic acids is 2. The van der Waals surface area contributed by atoms with E-state index in [9.17, 15) is 9.59 Å². The largest absolute Gasteiger partial charge is 0.299 e. The summed E-state index contributed by atoms with van der Waals surface area (Å²) in [5.41, 5.74) is 1.82. The summed E-state index contributed by atoms with van der Waals surface area (Å²) in [4.78, 5) is 28.6. The van der Waals surface area contributed by atoms with Gasteiger partial charge in [0.05, 0.1) is 12.0 Å². The molecule has 96 valence electrons. The summed E-state index contributed by atoms with van der Waals surface area (Å²) < 4.78 is 0. The molecule has 1 amide bonds. The number of Topliss-reactive ketones (excluding diaryl/α,β-unsaturated/α-hetero) is 1. The molecule has 0 saturated heterocycles. The van der Waals surface area contributed by atoms with Crippen molar-refractivity contribution in [2.75, 3.05) is 6.61 Å². The van der Waals surface area contributed by atoms with Gasteiger partial charge in [0, 0.05) is 11.8 Å². The van der Waals surface area contributed by atoms with E-state index in [1.807, 2.05) is 20.8 Å². The quantitative estimate of drug-likeness (QED) is 0.745. The lowest BCUT2D eigenvalue weighted by Crippen LogP contribution is -2.60. The molecule has 2 rings (SSSR count). The van der Waals surface area contributed by atoms with Gasteiger partial charge in [-0.2, -0.15) is 0 Å². The maximum absolute atomic E-state index is 11.7. The van der Waals surface area contributed by atoms with Gasteiger partial charge in [-0.05, 0) is 25.2 Å². The third kappa shape index (κ3) is 1.88. The Kier molecular flexibility index (Phi) is 3.02. The van der Waals surface area contributed by atoms with Crippen molar-refractivity contribution >= 4 is 11.7 Å². The fraction of sp³-hybridized carbons (Fsp3) is 0.846. The van der Waals surface area contributed by atoms with Gasteiger partial charge in [0.2, 0.25) is 5.91 Å². The maximum Gasteiger partial charge on any atom is 0.249 e. The predicted octanol–water partition coefficient (Wildman–Crippen LogP) is 1.84. The fourth-order valence-electron chi connectivity index (χ4n) is 2.46. The zero-order chi connectivity index (χ0) is 12.7. The van der Waals surface area contributed by atoms with E-state index in [4.69, 9.17) is 4.84 Å². The molecule has 2 aliphatic rings. The average Bonchev–Trinajstić information content (AvgIpc) is 2.30. The van der Waals surface area contributed by atoms with Crippen LogP contribution in [0.25, 0.3) is 0 Å². The Morgan fingerprint density at radius 2 is 2.29 bits per heavy atom. The van der Waals surface area contributed by atoms with Gasteiger partial charge in [-0.1, -0.05) is 20.8 Å². The van der Waals surface area contributed by atoms with E-state index >= 15 is 0 Å². The minimum Gasteiger partial charge on any atom is -0.299 e. The predicted molar refractivity (Wildman–Crippen MR) is 62.9 cm³/mol. The molecule has 0 aromatic heterocycles. The normalized spacial score (nSPS) is 31.2. The molecule has 4 nitrogen and oxygen atoms in total. The summed E-state index contributed by atoms with van der Waals surface area (Å²) in [7, 11) is 0. The Morgan fingerprint density at radius 3 is 2.71 bits per heavy atom. The lowest BCUT2D eigenvalue weighted by molar-refractivity contribution is -0.181. The van der Waals surface area contributed by atoms with E-state index in [-0.39, 0.29) is 11.3 Å². The third-order valence-electron chi connectivity index (χ3n) is 4.70. The van der Waals surface area contributed by atoms with E-state index < -0.39 is 5.41 Å². The molecule has 1 N–H and O–H groups in total. The molecular weight excluding hydrogens is 218 g/mol. The van der Waals surface area contributed by atoms with Gasteiger partial charge in [0.1, 0.15) is 5.78 Å². The first kappa shape index (κ1) is 12.6. The topological polar surface area (TPSA) is 55.4 Å². The average molecular weight is 239 g/mol. The number of fused-ring (bicyclic) bond motifs is 1. The molecular formula is C13H21NO3. The summed E-state index contributed by atoms with van der Waals surface area (Å²) in [6.45, 7) is 6.08. The van der Waals surface area contributed by atoms with Crippen LogP contribution in [0.1, 0.15) is 46.5 Å². The molecule has 2 atom stereocenters. The van der Waals surface area contributed by atoms with Crippen molar-refractivity contribution in [1.82, 2.24) is 5.48 Å². The second-order valence-electron chi connectivity index (χ2n) is 5.98. The van der Waals surface area contributed by atoms with Crippen LogP contribution in [0.5, 0.6) is 0 Å². The molecule has 2 aliphatic carbocycles. The summed E-state index contributed by atoms with van der Waals surface area (Å²) >= 11 is 0. The highest BCUT2D eigenvalue weighted by Gasteiger charge is 2.60. The Labute approximate surface area is 102 Å². The van der Waals surface area contributed by atoms with E-state index in [1.165, 1.54) is 0 Å². The van der Waals surface area contributed by atoms with Crippen molar-refractivity contribution < 1.29 is 14.4 Å². The molecule has 0 aromatic rings. The maximum atomic E-state index is 11.7. The van der Waals surface area contributed by atoms with Gasteiger partial charge in [-0.3, -0.25) is 14.4 Å². The van der Waals surface area contributed by atoms with Crippen LogP contribution in [0.3, 0.4) is 0 Å². The first-order chi connectivity index (χ1) is 7.92. The van der Waals surface area contributed by atoms with Gasteiger partial charge in [-0.25, -0.2) is 5.48 Å². The summed E-state index contributed by atoms with van der Waals surface area (Å²) in [5.74, 6) is 0.697. The summed E-state index contributed by atoms with van der Waals surface area (Å²) in [6.07, 6.45) is 3.51. The Morgan fingerprint density at radius 1 is 1.59 bits per heavy atom. The lowest BCUT2D eigenvalue weighted by Gasteiger charge is -2.56. The highest BCUT2D eigenvalue weighted by Crippen LogP contribution is 2.58. The van der Waals surface area contributed by atoms with Crippen molar-refractivity contribution in [2.45, 2.75) is 46.5 Å². The molecule has 0 aliphatic heterocycles. The van der Waals surface area contributed by atoms with Crippen LogP contribution in [0.4, 0.5) is 0 Å². The number of carbonyl (C=O) groups is 2. The molecule has 0 radical (unpaired) electrons. The molecule has 0 aromatic carbocycles. The zero-order valence-corrected chi connectivity index (χ0v) is 10.8. The number of rotatable bonds is 5. The van der Waals surface area contributed by atoms with Crippen LogP contribution in [-0.4, -0.2) is 18.3 Å². The van der Waals surface area contributed by atoms with Crippen LogP contribution in [-0.2, 0) is 14.4 Å². The van der Waals surface area contributed by atoms with Crippen LogP contribution >= 0.6 is 0 Å². The van der Waals surface area contributed by atoms with Crippen molar-refractivity contribution in [2.24, 2.45) is 16.7 Å². The molecule has 2 fully saturated rings. The molecule has 2 saturated carbocycles. The zero-order valence-electron chi connectivity index (χ0n) is 10.8. The van der Waals surface area contributed by atoms with Gasteiger partial charge >= 0.3 is 0 Å². The lowest BCUT2D eigenvalue weighted by atomic mass is 9.47. The second kappa shape index (κ2) is 4.09. The number of amides is 1. The molecule has 17 heavy (non-hydrogen) atoms. The molecule has 4 heteroatoms. The van der Waals surface area contributed by atoms with E-state index in [1.54, 1.807) is 0 Å². The van der Waals surface area contributed by atoms with Crippen molar-refractivity contribution in [3.05, 3.63) is 0 Å². The monoisotopic (exact) mass is 239 g/mol. The molecule has 2 unspecified atom stereocenters. The van der Waals surface area contributed by atoms with Gasteiger partial charge in [0.15, 0.2) is 0 Å². The van der Waals surface area contributed by atoms with Crippen LogP contribution in [0.2, 0.25) is 0 Å². The summed E-state index contributed by atoms with van der Waals surface area (Å²) in [5, 5.41) is 0. The second-order valence-corrected chi connectivity index (χ2v) is 5.98. The van der Waals surface area contributed by atoms with Crippen LogP contribution < -0.4 is 5.48 Å². The van der Waals surface area contributed by atoms with Gasteiger partial charge < -0.3 is 0 Å². The number of hydrogen-bond donors (Lipinski definition) is 1. The first-order valence-corrected chi connectivity index (χ1v) is 6.38. The van der Waals surface area contributed by atoms with E-state index in [0.29, 0.717) is 24.7 Å². The van der Waals surface area contributed by atoms with Gasteiger partial charge in [0.25, 0.3) is 0 Å². The standard InChI is InChI=1S/C13H21NO3/c1-4-12(2,3)11(16)14-17-8-13-6-5-9(13)7-10(13)15/h9H,4-8H2,1-3H3,(H,14,16). The van der Waals surface area contributed by atoms with Gasteiger partial charge in [-0.15, -0.1) is 0 Å². The molecule has 0 bridgehead atoms. The highest BCUT2D eigenvalue weighted by molar-refractivity contribution is 5.93. The number of ketones is 1. The van der Waals surface area contributed by atoms with Crippen molar-refractivity contribution in [3.8, 4) is 0 Å². The smallest absolute Gasteiger partial charge is 0.249 e. The minimum absolute atomic E-state index is 0.112. The number of hydrogen-bond acceptors (Lipinski definition) is 3. The van der Waals surface area contributed by atoms with Crippen molar-refractivity contribution in [1.29, 1.82) is 0 Å².